The molecule has 0 amide bonds. The molecule has 0 bridgehead atoms. The van der Waals surface area contributed by atoms with Crippen LogP contribution in [0.2, 0.25) is 0 Å². The van der Waals surface area contributed by atoms with E-state index in [2.05, 4.69) is 36.6 Å². The van der Waals surface area contributed by atoms with Crippen molar-refractivity contribution in [2.75, 3.05) is 0 Å². The number of nitrogens with two attached hydrogens (primary N) is 1. The molecule has 3 N–H and O–H groups in total. The summed E-state index contributed by atoms with van der Waals surface area (Å²) in [7, 11) is 0. The second-order valence-corrected chi connectivity index (χ2v) is 5.42. The highest BCUT2D eigenvalue weighted by Gasteiger charge is 2.21. The van der Waals surface area contributed by atoms with Crippen LogP contribution in [0.25, 0.3) is 0 Å². The fourth-order valence-corrected chi connectivity index (χ4v) is 2.61. The van der Waals surface area contributed by atoms with Gasteiger partial charge in [0.05, 0.1) is 0 Å². The summed E-state index contributed by atoms with van der Waals surface area (Å²) in [5.74, 6) is 6.57. The van der Waals surface area contributed by atoms with Crippen molar-refractivity contribution in [3.63, 3.8) is 0 Å². The molecule has 1 aliphatic rings. The predicted molar refractivity (Wildman–Crippen MR) is 72.6 cm³/mol. The third-order valence-corrected chi connectivity index (χ3v) is 3.94. The number of hydrazine groups is 1. The van der Waals surface area contributed by atoms with E-state index in [0.29, 0.717) is 6.04 Å². The van der Waals surface area contributed by atoms with Crippen LogP contribution in [0.4, 0.5) is 0 Å². The Balaban J connectivity index is 1.78. The van der Waals surface area contributed by atoms with Gasteiger partial charge >= 0.3 is 0 Å². The number of hydrogen-bond acceptors (Lipinski definition) is 2. The average Bonchev–Trinajstić information content (AvgIpc) is 2.27. The topological polar surface area (TPSA) is 38.0 Å². The lowest BCUT2D eigenvalue weighted by Gasteiger charge is -2.29. The molecule has 2 nitrogen and oxygen atoms in total. The van der Waals surface area contributed by atoms with E-state index in [1.165, 1.54) is 36.8 Å². The summed E-state index contributed by atoms with van der Waals surface area (Å²) >= 11 is 0. The summed E-state index contributed by atoms with van der Waals surface area (Å²) in [4.78, 5) is 0. The van der Waals surface area contributed by atoms with E-state index in [-0.39, 0.29) is 0 Å². The highest BCUT2D eigenvalue weighted by Crippen LogP contribution is 2.31. The van der Waals surface area contributed by atoms with Gasteiger partial charge in [-0.15, -0.1) is 0 Å². The Morgan fingerprint density at radius 1 is 1.41 bits per heavy atom. The molecule has 0 aliphatic heterocycles. The highest BCUT2D eigenvalue weighted by molar-refractivity contribution is 5.22. The maximum atomic E-state index is 5.64. The molecule has 1 unspecified atom stereocenters. The van der Waals surface area contributed by atoms with Crippen LogP contribution in [0.5, 0.6) is 0 Å². The third kappa shape index (κ3) is 3.83. The zero-order valence-electron chi connectivity index (χ0n) is 10.8. The maximum Gasteiger partial charge on any atom is 0.0216 e. The summed E-state index contributed by atoms with van der Waals surface area (Å²) in [6, 6.07) is 9.26. The van der Waals surface area contributed by atoms with Crippen molar-refractivity contribution in [3.05, 3.63) is 35.4 Å². The van der Waals surface area contributed by atoms with Gasteiger partial charge in [-0.3, -0.25) is 11.3 Å². The molecule has 94 valence electrons. The molecule has 17 heavy (non-hydrogen) atoms. The standard InChI is InChI=1S/C15H24N2/c1-12-4-2-5-14(10-12)8-9-15(17-16)11-13-6-3-7-13/h2,4-5,10,13,15,17H,3,6-9,11,16H2,1H3. The SMILES string of the molecule is Cc1cccc(CCC(CC2CCC2)NN)c1. The maximum absolute atomic E-state index is 5.64. The van der Waals surface area contributed by atoms with Crippen LogP contribution in [0.1, 0.15) is 43.2 Å². The molecule has 0 radical (unpaired) electrons. The van der Waals surface area contributed by atoms with Crippen LogP contribution in [0.15, 0.2) is 24.3 Å². The molecule has 2 heteroatoms. The molecule has 0 aromatic heterocycles. The molecule has 0 spiro atoms. The first kappa shape index (κ1) is 12.6. The van der Waals surface area contributed by atoms with Gasteiger partial charge in [-0.1, -0.05) is 49.1 Å². The Hall–Kier alpha value is -0.860. The summed E-state index contributed by atoms with van der Waals surface area (Å²) in [5.41, 5.74) is 5.76. The Bertz CT molecular complexity index is 345. The number of aryl methyl sites for hydroxylation is 2. The monoisotopic (exact) mass is 232 g/mol. The first-order valence-electron chi connectivity index (χ1n) is 6.79. The first-order valence-corrected chi connectivity index (χ1v) is 6.79. The van der Waals surface area contributed by atoms with Gasteiger partial charge in [0.25, 0.3) is 0 Å². The lowest BCUT2D eigenvalue weighted by molar-refractivity contribution is 0.255. The average molecular weight is 232 g/mol. The minimum atomic E-state index is 0.487. The normalized spacial score (nSPS) is 17.8. The first-order chi connectivity index (χ1) is 8.28. The summed E-state index contributed by atoms with van der Waals surface area (Å²) in [5, 5.41) is 0. The minimum Gasteiger partial charge on any atom is -0.271 e. The lowest BCUT2D eigenvalue weighted by atomic mass is 9.80. The number of hydrogen-bond donors (Lipinski definition) is 2. The zero-order valence-corrected chi connectivity index (χ0v) is 10.8. The number of rotatable bonds is 6. The Morgan fingerprint density at radius 2 is 2.24 bits per heavy atom. The number of benzene rings is 1. The van der Waals surface area contributed by atoms with E-state index in [1.807, 2.05) is 0 Å². The molecule has 2 rings (SSSR count). The fourth-order valence-electron chi connectivity index (χ4n) is 2.61. The second kappa shape index (κ2) is 6.18. The number of nitrogens with one attached hydrogen (secondary N) is 1. The molecule has 1 aliphatic carbocycles. The van der Waals surface area contributed by atoms with E-state index in [4.69, 9.17) is 5.84 Å². The van der Waals surface area contributed by atoms with Crippen molar-refractivity contribution in [3.8, 4) is 0 Å². The zero-order chi connectivity index (χ0) is 12.1. The van der Waals surface area contributed by atoms with Gasteiger partial charge in [-0.2, -0.15) is 0 Å². The van der Waals surface area contributed by atoms with Gasteiger partial charge in [0.2, 0.25) is 0 Å². The van der Waals surface area contributed by atoms with Crippen molar-refractivity contribution in [2.24, 2.45) is 11.8 Å². The predicted octanol–water partition coefficient (Wildman–Crippen LogP) is 2.95. The van der Waals surface area contributed by atoms with E-state index < -0.39 is 0 Å². The van der Waals surface area contributed by atoms with Crippen molar-refractivity contribution in [1.29, 1.82) is 0 Å². The Morgan fingerprint density at radius 3 is 2.82 bits per heavy atom. The molecule has 1 saturated carbocycles. The Labute approximate surface area is 105 Å². The smallest absolute Gasteiger partial charge is 0.0216 e. The van der Waals surface area contributed by atoms with Crippen molar-refractivity contribution in [2.45, 2.75) is 51.5 Å². The van der Waals surface area contributed by atoms with Gasteiger partial charge in [0.15, 0.2) is 0 Å². The van der Waals surface area contributed by atoms with E-state index >= 15 is 0 Å². The van der Waals surface area contributed by atoms with Crippen LogP contribution < -0.4 is 11.3 Å². The third-order valence-electron chi connectivity index (χ3n) is 3.94. The summed E-state index contributed by atoms with van der Waals surface area (Å²) in [6.45, 7) is 2.15. The van der Waals surface area contributed by atoms with Gasteiger partial charge in [-0.05, 0) is 37.7 Å². The quantitative estimate of drug-likeness (QED) is 0.584. The van der Waals surface area contributed by atoms with Crippen LogP contribution in [0, 0.1) is 12.8 Å². The summed E-state index contributed by atoms with van der Waals surface area (Å²) in [6.07, 6.45) is 7.76. The molecule has 0 saturated heterocycles. The van der Waals surface area contributed by atoms with Crippen LogP contribution in [-0.2, 0) is 6.42 Å². The van der Waals surface area contributed by atoms with Crippen molar-refractivity contribution >= 4 is 0 Å². The Kier molecular flexibility index (Phi) is 4.57. The molecule has 1 fully saturated rings. The fraction of sp³-hybridized carbons (Fsp3) is 0.600. The van der Waals surface area contributed by atoms with E-state index in [0.717, 1.165) is 18.8 Å². The molecule has 0 heterocycles. The molecule has 1 aromatic carbocycles. The van der Waals surface area contributed by atoms with E-state index in [1.54, 1.807) is 0 Å². The van der Waals surface area contributed by atoms with Crippen molar-refractivity contribution < 1.29 is 0 Å². The molecule has 1 aromatic rings. The van der Waals surface area contributed by atoms with Crippen molar-refractivity contribution in [1.82, 2.24) is 5.43 Å². The van der Waals surface area contributed by atoms with Crippen LogP contribution in [-0.4, -0.2) is 6.04 Å². The van der Waals surface area contributed by atoms with Crippen LogP contribution in [0.3, 0.4) is 0 Å². The minimum absolute atomic E-state index is 0.487. The van der Waals surface area contributed by atoms with Gasteiger partial charge in [-0.25, -0.2) is 0 Å². The van der Waals surface area contributed by atoms with Gasteiger partial charge < -0.3 is 0 Å². The molecular formula is C15H24N2. The van der Waals surface area contributed by atoms with Gasteiger partial charge in [0.1, 0.15) is 0 Å². The van der Waals surface area contributed by atoms with Crippen LogP contribution >= 0.6 is 0 Å². The largest absolute Gasteiger partial charge is 0.271 e. The lowest BCUT2D eigenvalue weighted by Crippen LogP contribution is -2.38. The highest BCUT2D eigenvalue weighted by atomic mass is 15.2. The van der Waals surface area contributed by atoms with E-state index in [9.17, 15) is 0 Å². The second-order valence-electron chi connectivity index (χ2n) is 5.42. The summed E-state index contributed by atoms with van der Waals surface area (Å²) < 4.78 is 0. The molecule has 1 atom stereocenters. The molecular weight excluding hydrogens is 208 g/mol. The van der Waals surface area contributed by atoms with Gasteiger partial charge in [0, 0.05) is 6.04 Å².